The van der Waals surface area contributed by atoms with Crippen LogP contribution in [0.25, 0.3) is 0 Å². The van der Waals surface area contributed by atoms with Crippen LogP contribution in [0.5, 0.6) is 11.5 Å². The zero-order valence-electron chi connectivity index (χ0n) is 10.5. The van der Waals surface area contributed by atoms with Crippen molar-refractivity contribution in [3.63, 3.8) is 0 Å². The fourth-order valence-corrected chi connectivity index (χ4v) is 2.09. The lowest BCUT2D eigenvalue weighted by Gasteiger charge is -2.09. The van der Waals surface area contributed by atoms with Crippen molar-refractivity contribution in [2.24, 2.45) is 0 Å². The summed E-state index contributed by atoms with van der Waals surface area (Å²) in [6.45, 7) is 1.82. The third kappa shape index (κ3) is 2.95. The third-order valence-electron chi connectivity index (χ3n) is 2.59. The summed E-state index contributed by atoms with van der Waals surface area (Å²) in [4.78, 5) is 10.5. The zero-order chi connectivity index (χ0) is 14.7. The van der Waals surface area contributed by atoms with E-state index in [1.165, 1.54) is 6.07 Å². The summed E-state index contributed by atoms with van der Waals surface area (Å²) in [5.74, 6) is 0.582. The van der Waals surface area contributed by atoms with Crippen LogP contribution in [0, 0.1) is 28.4 Å². The molecule has 0 aliphatic heterocycles. The Balaban J connectivity index is 2.42. The Morgan fingerprint density at radius 2 is 2.00 bits per heavy atom. The molecule has 0 spiro atoms. The van der Waals surface area contributed by atoms with E-state index >= 15 is 0 Å². The molecule has 0 heterocycles. The van der Waals surface area contributed by atoms with Crippen molar-refractivity contribution in [3.8, 4) is 17.6 Å². The van der Waals surface area contributed by atoms with Gasteiger partial charge in [0.05, 0.1) is 21.0 Å². The molecule has 0 saturated carbocycles. The Kier molecular flexibility index (Phi) is 4.01. The Morgan fingerprint density at radius 1 is 1.25 bits per heavy atom. The molecule has 100 valence electrons. The summed E-state index contributed by atoms with van der Waals surface area (Å²) < 4.78 is 6.15. The van der Waals surface area contributed by atoms with Crippen LogP contribution in [0.15, 0.2) is 40.9 Å². The van der Waals surface area contributed by atoms with E-state index in [-0.39, 0.29) is 11.4 Å². The first-order valence-electron chi connectivity index (χ1n) is 5.64. The number of nitro groups is 1. The third-order valence-corrected chi connectivity index (χ3v) is 3.21. The van der Waals surface area contributed by atoms with Crippen molar-refractivity contribution in [3.05, 3.63) is 62.1 Å². The lowest BCUT2D eigenvalue weighted by molar-refractivity contribution is -0.385. The van der Waals surface area contributed by atoms with E-state index in [0.29, 0.717) is 15.8 Å². The van der Waals surface area contributed by atoms with Crippen LogP contribution < -0.4 is 4.74 Å². The molecule has 5 nitrogen and oxygen atoms in total. The van der Waals surface area contributed by atoms with Crippen molar-refractivity contribution in [1.82, 2.24) is 0 Å². The van der Waals surface area contributed by atoms with Crippen LogP contribution in [0.4, 0.5) is 5.69 Å². The molecule has 0 unspecified atom stereocenters. The smallest absolute Gasteiger partial charge is 0.311 e. The van der Waals surface area contributed by atoms with Gasteiger partial charge < -0.3 is 4.74 Å². The van der Waals surface area contributed by atoms with E-state index < -0.39 is 4.92 Å². The number of nitrogens with zero attached hydrogens (tertiary/aromatic N) is 2. The number of halogens is 1. The highest BCUT2D eigenvalue weighted by Crippen LogP contribution is 2.35. The van der Waals surface area contributed by atoms with Gasteiger partial charge in [-0.25, -0.2) is 0 Å². The van der Waals surface area contributed by atoms with Crippen molar-refractivity contribution in [2.45, 2.75) is 6.92 Å². The van der Waals surface area contributed by atoms with Crippen molar-refractivity contribution < 1.29 is 9.66 Å². The van der Waals surface area contributed by atoms with E-state index in [2.05, 4.69) is 15.9 Å². The van der Waals surface area contributed by atoms with Crippen molar-refractivity contribution in [2.75, 3.05) is 0 Å². The molecular formula is C14H9BrN2O3. The van der Waals surface area contributed by atoms with Gasteiger partial charge in [-0.05, 0) is 52.7 Å². The predicted octanol–water partition coefficient (Wildman–Crippen LogP) is 4.33. The quantitative estimate of drug-likeness (QED) is 0.619. The molecule has 0 bridgehead atoms. The zero-order valence-corrected chi connectivity index (χ0v) is 12.0. The highest BCUT2D eigenvalue weighted by atomic mass is 79.9. The second-order valence-corrected chi connectivity index (χ2v) is 4.94. The molecule has 0 radical (unpaired) electrons. The Morgan fingerprint density at radius 3 is 2.60 bits per heavy atom. The van der Waals surface area contributed by atoms with Gasteiger partial charge in [0.15, 0.2) is 0 Å². The summed E-state index contributed by atoms with van der Waals surface area (Å²) >= 11 is 3.28. The van der Waals surface area contributed by atoms with Crippen LogP contribution >= 0.6 is 15.9 Å². The van der Waals surface area contributed by atoms with Gasteiger partial charge in [-0.3, -0.25) is 10.1 Å². The topological polar surface area (TPSA) is 76.2 Å². The van der Waals surface area contributed by atoms with Crippen molar-refractivity contribution in [1.29, 1.82) is 5.26 Å². The number of rotatable bonds is 3. The minimum absolute atomic E-state index is 0.105. The van der Waals surface area contributed by atoms with Gasteiger partial charge in [-0.15, -0.1) is 0 Å². The molecule has 2 aromatic rings. The standard InChI is InChI=1S/C14H9BrN2O3/c1-9-2-4-12(17(18)19)14(6-9)20-13-5-3-10(8-16)7-11(13)15/h2-7H,1H3. The minimum Gasteiger partial charge on any atom is -0.449 e. The minimum atomic E-state index is -0.494. The van der Waals surface area contributed by atoms with Crippen LogP contribution in [0.1, 0.15) is 11.1 Å². The van der Waals surface area contributed by atoms with E-state index in [0.717, 1.165) is 5.56 Å². The van der Waals surface area contributed by atoms with E-state index in [9.17, 15) is 10.1 Å². The lowest BCUT2D eigenvalue weighted by atomic mass is 10.2. The molecule has 0 aliphatic carbocycles. The van der Waals surface area contributed by atoms with Gasteiger partial charge in [0.2, 0.25) is 5.75 Å². The second-order valence-electron chi connectivity index (χ2n) is 4.09. The number of nitriles is 1. The summed E-state index contributed by atoms with van der Waals surface area (Å²) in [5.41, 5.74) is 1.23. The largest absolute Gasteiger partial charge is 0.449 e. The molecule has 2 aromatic carbocycles. The molecule has 0 saturated heterocycles. The maximum absolute atomic E-state index is 11.0. The summed E-state index contributed by atoms with van der Waals surface area (Å²) in [6, 6.07) is 11.4. The first-order valence-corrected chi connectivity index (χ1v) is 6.43. The predicted molar refractivity (Wildman–Crippen MR) is 76.8 cm³/mol. The highest BCUT2D eigenvalue weighted by Gasteiger charge is 2.16. The maximum Gasteiger partial charge on any atom is 0.311 e. The monoisotopic (exact) mass is 332 g/mol. The van der Waals surface area contributed by atoms with Gasteiger partial charge in [-0.1, -0.05) is 6.07 Å². The van der Waals surface area contributed by atoms with Crippen LogP contribution in [0.2, 0.25) is 0 Å². The van der Waals surface area contributed by atoms with Crippen LogP contribution in [-0.2, 0) is 0 Å². The van der Waals surface area contributed by atoms with Crippen LogP contribution in [0.3, 0.4) is 0 Å². The van der Waals surface area contributed by atoms with E-state index in [1.54, 1.807) is 30.3 Å². The Labute approximate surface area is 123 Å². The number of ether oxygens (including phenoxy) is 1. The summed E-state index contributed by atoms with van der Waals surface area (Å²) in [6.07, 6.45) is 0. The van der Waals surface area contributed by atoms with Gasteiger partial charge in [0.1, 0.15) is 5.75 Å². The lowest BCUT2D eigenvalue weighted by Crippen LogP contribution is -1.94. The molecule has 20 heavy (non-hydrogen) atoms. The van der Waals surface area contributed by atoms with Gasteiger partial charge in [-0.2, -0.15) is 5.26 Å². The average molecular weight is 333 g/mol. The van der Waals surface area contributed by atoms with Gasteiger partial charge in [0, 0.05) is 6.07 Å². The number of benzene rings is 2. The summed E-state index contributed by atoms with van der Waals surface area (Å²) in [7, 11) is 0. The number of hydrogen-bond acceptors (Lipinski definition) is 4. The molecule has 2 rings (SSSR count). The fraction of sp³-hybridized carbons (Fsp3) is 0.0714. The van der Waals surface area contributed by atoms with Crippen molar-refractivity contribution >= 4 is 21.6 Å². The first-order chi connectivity index (χ1) is 9.51. The molecule has 0 N–H and O–H groups in total. The average Bonchev–Trinajstić information content (AvgIpc) is 2.40. The Bertz CT molecular complexity index is 723. The number of nitro benzene ring substituents is 1. The SMILES string of the molecule is Cc1ccc([N+](=O)[O-])c(Oc2ccc(C#N)cc2Br)c1. The van der Waals surface area contributed by atoms with E-state index in [4.69, 9.17) is 10.00 Å². The maximum atomic E-state index is 11.0. The molecule has 0 fully saturated rings. The number of hydrogen-bond donors (Lipinski definition) is 0. The second kappa shape index (κ2) is 5.72. The Hall–Kier alpha value is -2.39. The van der Waals surface area contributed by atoms with E-state index in [1.807, 2.05) is 13.0 Å². The molecule has 0 aromatic heterocycles. The first kappa shape index (κ1) is 14.0. The molecule has 6 heteroatoms. The highest BCUT2D eigenvalue weighted by molar-refractivity contribution is 9.10. The molecule has 0 amide bonds. The molecular weight excluding hydrogens is 324 g/mol. The van der Waals surface area contributed by atoms with Crippen LogP contribution in [-0.4, -0.2) is 4.92 Å². The van der Waals surface area contributed by atoms with Gasteiger partial charge >= 0.3 is 5.69 Å². The number of aryl methyl sites for hydroxylation is 1. The molecule has 0 aliphatic rings. The molecule has 0 atom stereocenters. The fourth-order valence-electron chi connectivity index (χ4n) is 1.63. The summed E-state index contributed by atoms with van der Waals surface area (Å²) in [5, 5.41) is 19.8. The van der Waals surface area contributed by atoms with Gasteiger partial charge in [0.25, 0.3) is 0 Å². The normalized spacial score (nSPS) is 9.85.